The van der Waals surface area contributed by atoms with Crippen LogP contribution in [0.4, 0.5) is 0 Å². The molecule has 0 amide bonds. The number of benzene rings is 2. The maximum absolute atomic E-state index is 12.8. The van der Waals surface area contributed by atoms with Crippen molar-refractivity contribution in [3.8, 4) is 11.5 Å². The molecule has 2 aromatic rings. The molecule has 0 N–H and O–H groups in total. The maximum Gasteiger partial charge on any atom is 0.343 e. The van der Waals surface area contributed by atoms with Gasteiger partial charge in [0.05, 0.1) is 17.8 Å². The minimum absolute atomic E-state index is 0.00744. The fourth-order valence-electron chi connectivity index (χ4n) is 6.05. The lowest BCUT2D eigenvalue weighted by Gasteiger charge is -2.19. The average Bonchev–Trinajstić information content (AvgIpc) is 3.07. The highest BCUT2D eigenvalue weighted by Crippen LogP contribution is 2.24. The molecule has 0 saturated heterocycles. The van der Waals surface area contributed by atoms with Gasteiger partial charge in [-0.1, -0.05) is 148 Å². The van der Waals surface area contributed by atoms with Crippen molar-refractivity contribution in [2.75, 3.05) is 6.61 Å². The fraction of sp³-hybridized carbons (Fsp3) is 0.690. The van der Waals surface area contributed by atoms with E-state index in [4.69, 9.17) is 14.2 Å². The van der Waals surface area contributed by atoms with Crippen molar-refractivity contribution in [2.24, 2.45) is 0 Å². The van der Waals surface area contributed by atoms with E-state index in [0.29, 0.717) is 11.3 Å². The molecule has 4 heteroatoms. The SMILES string of the molecule is CCCCCCCCCCCCOC(C)c1ccc(C(=O)Oc2ccc(OC(CCC)CCCCCCCCCCC)cc2)cc1. The van der Waals surface area contributed by atoms with Gasteiger partial charge < -0.3 is 14.2 Å². The molecule has 2 rings (SSSR count). The third kappa shape index (κ3) is 18.7. The van der Waals surface area contributed by atoms with Crippen LogP contribution in [0.1, 0.15) is 191 Å². The Morgan fingerprint density at radius 1 is 0.543 bits per heavy atom. The Morgan fingerprint density at radius 2 is 1.02 bits per heavy atom. The summed E-state index contributed by atoms with van der Waals surface area (Å²) in [5, 5.41) is 0. The van der Waals surface area contributed by atoms with Crippen LogP contribution in [0.15, 0.2) is 48.5 Å². The van der Waals surface area contributed by atoms with Crippen LogP contribution in [0.3, 0.4) is 0 Å². The van der Waals surface area contributed by atoms with Gasteiger partial charge >= 0.3 is 5.97 Å². The van der Waals surface area contributed by atoms with E-state index in [2.05, 4.69) is 27.7 Å². The van der Waals surface area contributed by atoms with E-state index in [1.165, 1.54) is 116 Å². The molecule has 0 aliphatic heterocycles. The number of carbonyl (C=O) groups excluding carboxylic acids is 1. The second-order valence-electron chi connectivity index (χ2n) is 13.3. The van der Waals surface area contributed by atoms with Gasteiger partial charge in [-0.15, -0.1) is 0 Å². The number of rotatable bonds is 29. The van der Waals surface area contributed by atoms with Crippen LogP contribution in [0.5, 0.6) is 11.5 Å². The normalized spacial score (nSPS) is 12.6. The smallest absolute Gasteiger partial charge is 0.343 e. The third-order valence-corrected chi connectivity index (χ3v) is 9.06. The standard InChI is InChI=1S/C42H68O4/c1-5-8-10-12-14-16-18-20-22-24-35-44-36(4)37-27-29-38(30-28-37)42(43)46-41-33-31-40(32-34-41)45-39(25-7-3)26-23-21-19-17-15-13-11-9-6-2/h27-34,36,39H,5-26,35H2,1-4H3. The molecule has 0 fully saturated rings. The number of hydrogen-bond acceptors (Lipinski definition) is 4. The summed E-state index contributed by atoms with van der Waals surface area (Å²) in [5.41, 5.74) is 1.61. The van der Waals surface area contributed by atoms with Crippen molar-refractivity contribution in [3.05, 3.63) is 59.7 Å². The van der Waals surface area contributed by atoms with Gasteiger partial charge in [0.2, 0.25) is 0 Å². The Morgan fingerprint density at radius 3 is 1.54 bits per heavy atom. The first-order valence-corrected chi connectivity index (χ1v) is 19.3. The molecule has 0 aromatic heterocycles. The Bertz CT molecular complexity index is 984. The molecule has 46 heavy (non-hydrogen) atoms. The first-order chi connectivity index (χ1) is 22.6. The Hall–Kier alpha value is -2.33. The van der Waals surface area contributed by atoms with Crippen molar-refractivity contribution in [3.63, 3.8) is 0 Å². The number of esters is 1. The van der Waals surface area contributed by atoms with Crippen molar-refractivity contribution < 1.29 is 19.0 Å². The van der Waals surface area contributed by atoms with Crippen LogP contribution >= 0.6 is 0 Å². The number of hydrogen-bond donors (Lipinski definition) is 0. The van der Waals surface area contributed by atoms with E-state index >= 15 is 0 Å². The first kappa shape index (κ1) is 39.8. The Kier molecular flexibility index (Phi) is 23.1. The molecule has 0 aliphatic rings. The van der Waals surface area contributed by atoms with E-state index in [1.807, 2.05) is 48.5 Å². The zero-order valence-corrected chi connectivity index (χ0v) is 30.2. The van der Waals surface area contributed by atoms with Crippen molar-refractivity contribution in [1.82, 2.24) is 0 Å². The fourth-order valence-corrected chi connectivity index (χ4v) is 6.05. The molecule has 2 unspecified atom stereocenters. The van der Waals surface area contributed by atoms with Crippen molar-refractivity contribution >= 4 is 5.97 Å². The van der Waals surface area contributed by atoms with Crippen LogP contribution in [-0.2, 0) is 4.74 Å². The highest BCUT2D eigenvalue weighted by Gasteiger charge is 2.13. The van der Waals surface area contributed by atoms with Crippen LogP contribution in [0, 0.1) is 0 Å². The predicted octanol–water partition coefficient (Wildman–Crippen LogP) is 13.4. The second-order valence-corrected chi connectivity index (χ2v) is 13.3. The van der Waals surface area contributed by atoms with Crippen LogP contribution in [-0.4, -0.2) is 18.7 Å². The van der Waals surface area contributed by atoms with Gasteiger partial charge in [0, 0.05) is 6.61 Å². The van der Waals surface area contributed by atoms with Crippen molar-refractivity contribution in [2.45, 2.75) is 181 Å². The lowest BCUT2D eigenvalue weighted by Crippen LogP contribution is -2.16. The van der Waals surface area contributed by atoms with Crippen LogP contribution in [0.25, 0.3) is 0 Å². The summed E-state index contributed by atoms with van der Waals surface area (Å²) in [7, 11) is 0. The third-order valence-electron chi connectivity index (χ3n) is 9.06. The van der Waals surface area contributed by atoms with Crippen LogP contribution < -0.4 is 9.47 Å². The summed E-state index contributed by atoms with van der Waals surface area (Å²) in [4.78, 5) is 12.8. The minimum atomic E-state index is -0.353. The molecule has 0 saturated carbocycles. The number of ether oxygens (including phenoxy) is 3. The molecule has 260 valence electrons. The summed E-state index contributed by atoms with van der Waals surface area (Å²) in [5.74, 6) is 1.01. The molecule has 2 aromatic carbocycles. The summed E-state index contributed by atoms with van der Waals surface area (Å²) in [6, 6.07) is 15.1. The Balaban J connectivity index is 1.65. The van der Waals surface area contributed by atoms with E-state index in [1.54, 1.807) is 0 Å². The largest absolute Gasteiger partial charge is 0.490 e. The highest BCUT2D eigenvalue weighted by atomic mass is 16.5. The van der Waals surface area contributed by atoms with E-state index in [-0.39, 0.29) is 18.2 Å². The van der Waals surface area contributed by atoms with Gasteiger partial charge in [-0.05, 0) is 74.6 Å². The van der Waals surface area contributed by atoms with Gasteiger partial charge in [0.25, 0.3) is 0 Å². The van der Waals surface area contributed by atoms with Gasteiger partial charge in [-0.25, -0.2) is 4.79 Å². The topological polar surface area (TPSA) is 44.8 Å². The lowest BCUT2D eigenvalue weighted by molar-refractivity contribution is 0.0626. The summed E-state index contributed by atoms with van der Waals surface area (Å²) in [6.45, 7) is 9.62. The molecule has 0 bridgehead atoms. The Labute approximate surface area is 283 Å². The maximum atomic E-state index is 12.8. The molecule has 4 nitrogen and oxygen atoms in total. The molecule has 0 aliphatic carbocycles. The molecule has 2 atom stereocenters. The molecular weight excluding hydrogens is 568 g/mol. The number of unbranched alkanes of at least 4 members (excludes halogenated alkanes) is 17. The number of carbonyl (C=O) groups is 1. The minimum Gasteiger partial charge on any atom is -0.490 e. The predicted molar refractivity (Wildman–Crippen MR) is 195 cm³/mol. The lowest BCUT2D eigenvalue weighted by atomic mass is 10.0. The quantitative estimate of drug-likeness (QED) is 0.0506. The van der Waals surface area contributed by atoms with Crippen LogP contribution in [0.2, 0.25) is 0 Å². The molecule has 0 spiro atoms. The highest BCUT2D eigenvalue weighted by molar-refractivity contribution is 5.91. The summed E-state index contributed by atoms with van der Waals surface area (Å²) < 4.78 is 18.1. The first-order valence-electron chi connectivity index (χ1n) is 19.3. The summed E-state index contributed by atoms with van der Waals surface area (Å²) in [6.07, 6.45) is 28.8. The van der Waals surface area contributed by atoms with Crippen molar-refractivity contribution in [1.29, 1.82) is 0 Å². The van der Waals surface area contributed by atoms with Gasteiger partial charge in [-0.3, -0.25) is 0 Å². The van der Waals surface area contributed by atoms with Gasteiger partial charge in [0.1, 0.15) is 11.5 Å². The van der Waals surface area contributed by atoms with Gasteiger partial charge in [-0.2, -0.15) is 0 Å². The molecule has 0 radical (unpaired) electrons. The molecule has 0 heterocycles. The zero-order valence-electron chi connectivity index (χ0n) is 30.2. The average molecular weight is 637 g/mol. The zero-order chi connectivity index (χ0) is 33.1. The van der Waals surface area contributed by atoms with E-state index in [0.717, 1.165) is 43.6 Å². The van der Waals surface area contributed by atoms with E-state index < -0.39 is 0 Å². The van der Waals surface area contributed by atoms with Gasteiger partial charge in [0.15, 0.2) is 0 Å². The van der Waals surface area contributed by atoms with E-state index in [9.17, 15) is 4.79 Å². The molecular formula is C42H68O4. The summed E-state index contributed by atoms with van der Waals surface area (Å²) >= 11 is 0. The second kappa shape index (κ2) is 26.7. The monoisotopic (exact) mass is 637 g/mol.